The molecule has 0 amide bonds. The van der Waals surface area contributed by atoms with E-state index in [0.29, 0.717) is 5.92 Å². The second-order valence-electron chi connectivity index (χ2n) is 8.25. The van der Waals surface area contributed by atoms with Crippen LogP contribution < -0.4 is 35.7 Å². The quantitative estimate of drug-likeness (QED) is 0.0955. The molecule has 0 saturated heterocycles. The van der Waals surface area contributed by atoms with Gasteiger partial charge < -0.3 is 10.7 Å². The van der Waals surface area contributed by atoms with Gasteiger partial charge in [0.15, 0.2) is 0 Å². The third kappa shape index (κ3) is 39.9. The van der Waals surface area contributed by atoms with Crippen molar-refractivity contribution >= 4 is 20.8 Å². The molecule has 0 spiro atoms. The molecule has 0 heterocycles. The molecular weight excluding hydrogens is 493 g/mol. The molecule has 0 rings (SSSR count). The monoisotopic (exact) mass is 543 g/mol. The Balaban J connectivity index is -0.000000578. The SMILES string of the molecule is CCCCCCCCCCCCCCOS(=O)(=O)OCC(CC)CCCC.N.O=S(=O)([O-])O.[Na+]. The van der Waals surface area contributed by atoms with Gasteiger partial charge in [0.1, 0.15) is 0 Å². The molecule has 0 aliphatic carbocycles. The number of rotatable bonds is 21. The summed E-state index contributed by atoms with van der Waals surface area (Å²) in [5.74, 6) is 0.301. The van der Waals surface area contributed by atoms with Crippen molar-refractivity contribution < 1.29 is 63.9 Å². The van der Waals surface area contributed by atoms with Crippen molar-refractivity contribution in [1.29, 1.82) is 0 Å². The van der Waals surface area contributed by atoms with E-state index in [1.165, 1.54) is 57.8 Å². The van der Waals surface area contributed by atoms with Gasteiger partial charge in [-0.25, -0.2) is 16.8 Å². The van der Waals surface area contributed by atoms with Gasteiger partial charge in [-0.15, -0.1) is 0 Å². The average molecular weight is 544 g/mol. The van der Waals surface area contributed by atoms with Crippen LogP contribution in [0.5, 0.6) is 0 Å². The normalized spacial score (nSPS) is 12.1. The summed E-state index contributed by atoms with van der Waals surface area (Å²) in [7, 11) is -8.74. The fraction of sp³-hybridized carbons (Fsp3) is 1.00. The number of hydrogen-bond donors (Lipinski definition) is 2. The largest absolute Gasteiger partial charge is 1.00 e. The maximum Gasteiger partial charge on any atom is 1.00 e. The summed E-state index contributed by atoms with van der Waals surface area (Å²) >= 11 is 0. The van der Waals surface area contributed by atoms with E-state index in [1.807, 2.05) is 0 Å². The van der Waals surface area contributed by atoms with Crippen molar-refractivity contribution in [2.24, 2.45) is 5.92 Å². The predicted octanol–water partition coefficient (Wildman–Crippen LogP) is 3.35. The van der Waals surface area contributed by atoms with Crippen LogP contribution in [-0.4, -0.2) is 39.2 Å². The number of unbranched alkanes of at least 4 members (excludes halogenated alkanes) is 12. The molecule has 1 unspecified atom stereocenters. The fourth-order valence-electron chi connectivity index (χ4n) is 3.22. The summed E-state index contributed by atoms with van der Waals surface area (Å²) in [6, 6.07) is 0. The summed E-state index contributed by atoms with van der Waals surface area (Å²) < 4.78 is 66.4. The van der Waals surface area contributed by atoms with E-state index < -0.39 is 20.8 Å². The molecule has 0 fully saturated rings. The van der Waals surface area contributed by atoms with Gasteiger partial charge in [-0.3, -0.25) is 4.55 Å². The third-order valence-electron chi connectivity index (χ3n) is 5.22. The van der Waals surface area contributed by atoms with Crippen LogP contribution in [0.4, 0.5) is 0 Å². The molecule has 1 atom stereocenters. The van der Waals surface area contributed by atoms with Crippen molar-refractivity contribution in [2.75, 3.05) is 13.2 Å². The second kappa shape index (κ2) is 28.3. The van der Waals surface area contributed by atoms with Crippen LogP contribution in [0.3, 0.4) is 0 Å². The minimum Gasteiger partial charge on any atom is -0.726 e. The van der Waals surface area contributed by atoms with Gasteiger partial charge >= 0.3 is 40.0 Å². The van der Waals surface area contributed by atoms with Crippen molar-refractivity contribution in [3.8, 4) is 0 Å². The molecule has 0 bridgehead atoms. The zero-order valence-electron chi connectivity index (χ0n) is 22.1. The average Bonchev–Trinajstić information content (AvgIpc) is 2.70. The first-order chi connectivity index (χ1) is 15.1. The van der Waals surface area contributed by atoms with Gasteiger partial charge in [0.2, 0.25) is 10.4 Å². The summed E-state index contributed by atoms with van der Waals surface area (Å²) in [6.45, 7) is 6.96. The topological polar surface area (TPSA) is 165 Å². The van der Waals surface area contributed by atoms with Gasteiger partial charge in [-0.1, -0.05) is 111 Å². The van der Waals surface area contributed by atoms with Crippen molar-refractivity contribution in [1.82, 2.24) is 6.15 Å². The number of hydrogen-bond acceptors (Lipinski definition) is 8. The fourth-order valence-corrected chi connectivity index (χ4v) is 3.96. The van der Waals surface area contributed by atoms with E-state index >= 15 is 0 Å². The van der Waals surface area contributed by atoms with Crippen molar-refractivity contribution in [3.05, 3.63) is 0 Å². The molecule has 4 N–H and O–H groups in total. The van der Waals surface area contributed by atoms with Gasteiger partial charge in [0.25, 0.3) is 0 Å². The third-order valence-corrected chi connectivity index (χ3v) is 6.10. The molecule has 0 aromatic rings. The Morgan fingerprint density at radius 1 is 0.706 bits per heavy atom. The van der Waals surface area contributed by atoms with E-state index in [0.717, 1.165) is 44.9 Å². The zero-order chi connectivity index (χ0) is 24.7. The van der Waals surface area contributed by atoms with E-state index in [2.05, 4.69) is 20.8 Å². The summed E-state index contributed by atoms with van der Waals surface area (Å²) in [5.41, 5.74) is 0. The minimum absolute atomic E-state index is 0. The molecule has 0 aromatic heterocycles. The first-order valence-corrected chi connectivity index (χ1v) is 15.0. The molecule has 0 aliphatic heterocycles. The van der Waals surface area contributed by atoms with Crippen LogP contribution in [0.25, 0.3) is 0 Å². The summed E-state index contributed by atoms with van der Waals surface area (Å²) in [5, 5.41) is 0. The Hall–Kier alpha value is 0.700. The van der Waals surface area contributed by atoms with Gasteiger partial charge in [-0.05, 0) is 18.8 Å². The van der Waals surface area contributed by atoms with E-state index in [4.69, 9.17) is 25.9 Å². The smallest absolute Gasteiger partial charge is 0.726 e. The Morgan fingerprint density at radius 3 is 1.47 bits per heavy atom. The molecule has 0 aliphatic rings. The van der Waals surface area contributed by atoms with Gasteiger partial charge in [0, 0.05) is 0 Å². The zero-order valence-corrected chi connectivity index (χ0v) is 25.8. The maximum absolute atomic E-state index is 11.8. The van der Waals surface area contributed by atoms with E-state index in [9.17, 15) is 8.42 Å². The van der Waals surface area contributed by atoms with Crippen LogP contribution in [0.2, 0.25) is 0 Å². The Bertz CT molecular complexity index is 596. The Morgan fingerprint density at radius 2 is 1.09 bits per heavy atom. The maximum atomic E-state index is 11.8. The molecule has 0 aromatic carbocycles. The Kier molecular flexibility index (Phi) is 34.8. The van der Waals surface area contributed by atoms with Crippen LogP contribution in [0, 0.1) is 5.92 Å². The van der Waals surface area contributed by atoms with Crippen LogP contribution >= 0.6 is 0 Å². The molecule has 0 radical (unpaired) electrons. The van der Waals surface area contributed by atoms with Gasteiger partial charge in [0.05, 0.1) is 13.2 Å². The molecule has 9 nitrogen and oxygen atoms in total. The van der Waals surface area contributed by atoms with E-state index in [-0.39, 0.29) is 48.9 Å². The minimum atomic E-state index is -4.92. The first kappa shape index (κ1) is 41.8. The second-order valence-corrected chi connectivity index (χ2v) is 10.4. The molecule has 34 heavy (non-hydrogen) atoms. The molecular formula is C22H50NNaO8S2. The van der Waals surface area contributed by atoms with Crippen molar-refractivity contribution in [3.63, 3.8) is 0 Å². The van der Waals surface area contributed by atoms with E-state index in [1.54, 1.807) is 0 Å². The molecule has 12 heteroatoms. The molecule has 0 saturated carbocycles. The summed E-state index contributed by atoms with van der Waals surface area (Å²) in [4.78, 5) is 0. The van der Waals surface area contributed by atoms with Gasteiger partial charge in [-0.2, -0.15) is 8.42 Å². The van der Waals surface area contributed by atoms with Crippen LogP contribution in [0.1, 0.15) is 124 Å². The molecule has 204 valence electrons. The Labute approximate surface area is 232 Å². The van der Waals surface area contributed by atoms with Crippen LogP contribution in [-0.2, 0) is 29.2 Å². The predicted molar refractivity (Wildman–Crippen MR) is 133 cm³/mol. The first-order valence-electron chi connectivity index (χ1n) is 12.3. The van der Waals surface area contributed by atoms with Crippen molar-refractivity contribution in [2.45, 2.75) is 124 Å². The standard InChI is InChI=1S/C22H46O4S.H3N.Na.H2O4S/c1-4-7-9-10-11-12-13-14-15-16-17-18-20-25-27(23,24)26-21-22(6-3)19-8-5-2;;;1-5(2,3)4/h22H,4-21H2,1-3H3;1H3;;(H2,1,2,3,4)/q;;+1;/p-1. The van der Waals surface area contributed by atoms with Crippen LogP contribution in [0.15, 0.2) is 0 Å². The summed E-state index contributed by atoms with van der Waals surface area (Å²) in [6.07, 6.45) is 19.2.